The van der Waals surface area contributed by atoms with E-state index in [1.807, 2.05) is 0 Å². The molecule has 0 aliphatic carbocycles. The minimum atomic E-state index is -0.398. The SMILES string of the molecule is Cn1c(=O)ccc2ncc(Cl)c(OCCNC[C@H]3CN(C4=CN=CCN4)C(=O)O3)c21. The highest BCUT2D eigenvalue weighted by atomic mass is 35.5. The van der Waals surface area contributed by atoms with Crippen LogP contribution < -0.4 is 20.9 Å². The van der Waals surface area contributed by atoms with Gasteiger partial charge in [0.15, 0.2) is 5.75 Å². The fourth-order valence-electron chi connectivity index (χ4n) is 3.28. The van der Waals surface area contributed by atoms with Crippen LogP contribution in [0.3, 0.4) is 0 Å². The number of carbonyl (C=O) groups excluding carboxylic acids is 1. The second kappa shape index (κ2) is 8.72. The molecule has 158 valence electrons. The van der Waals surface area contributed by atoms with Crippen LogP contribution in [0.4, 0.5) is 4.79 Å². The number of ether oxygens (including phenoxy) is 2. The molecule has 0 unspecified atom stereocenters. The molecule has 11 heteroatoms. The van der Waals surface area contributed by atoms with E-state index >= 15 is 0 Å². The Bertz CT molecular complexity index is 1080. The Labute approximate surface area is 177 Å². The van der Waals surface area contributed by atoms with Gasteiger partial charge in [-0.2, -0.15) is 0 Å². The summed E-state index contributed by atoms with van der Waals surface area (Å²) in [6.07, 6.45) is 4.15. The Morgan fingerprint density at radius 1 is 1.40 bits per heavy atom. The molecule has 0 spiro atoms. The summed E-state index contributed by atoms with van der Waals surface area (Å²) in [5.74, 6) is 1.05. The normalized spacial score (nSPS) is 18.3. The first-order valence-electron chi connectivity index (χ1n) is 9.46. The summed E-state index contributed by atoms with van der Waals surface area (Å²) in [6.45, 7) is 2.30. The van der Waals surface area contributed by atoms with E-state index in [1.165, 1.54) is 21.7 Å². The van der Waals surface area contributed by atoms with Crippen molar-refractivity contribution >= 4 is 34.9 Å². The predicted octanol–water partition coefficient (Wildman–Crippen LogP) is 0.849. The molecule has 1 saturated heterocycles. The fraction of sp³-hybridized carbons (Fsp3) is 0.368. The predicted molar refractivity (Wildman–Crippen MR) is 112 cm³/mol. The van der Waals surface area contributed by atoms with Gasteiger partial charge < -0.3 is 24.7 Å². The number of amides is 1. The lowest BCUT2D eigenvalue weighted by molar-refractivity contribution is 0.133. The molecule has 0 bridgehead atoms. The van der Waals surface area contributed by atoms with Gasteiger partial charge in [0.1, 0.15) is 29.1 Å². The van der Waals surface area contributed by atoms with Crippen molar-refractivity contribution in [2.45, 2.75) is 6.10 Å². The van der Waals surface area contributed by atoms with Gasteiger partial charge in [0.05, 0.1) is 31.0 Å². The van der Waals surface area contributed by atoms with E-state index in [0.29, 0.717) is 60.4 Å². The fourth-order valence-corrected chi connectivity index (χ4v) is 3.47. The molecule has 2 aromatic rings. The first-order valence-corrected chi connectivity index (χ1v) is 9.84. The van der Waals surface area contributed by atoms with Gasteiger partial charge in [-0.1, -0.05) is 11.6 Å². The molecule has 2 aliphatic heterocycles. The number of pyridine rings is 2. The highest BCUT2D eigenvalue weighted by Gasteiger charge is 2.33. The van der Waals surface area contributed by atoms with Crippen molar-refractivity contribution in [1.29, 1.82) is 0 Å². The quantitative estimate of drug-likeness (QED) is 0.624. The third-order valence-corrected chi connectivity index (χ3v) is 5.05. The second-order valence-electron chi connectivity index (χ2n) is 6.80. The molecule has 30 heavy (non-hydrogen) atoms. The maximum atomic E-state index is 12.0. The molecular formula is C19H21ClN6O4. The Morgan fingerprint density at radius 2 is 2.27 bits per heavy atom. The van der Waals surface area contributed by atoms with Crippen LogP contribution in [0.25, 0.3) is 11.0 Å². The molecule has 1 fully saturated rings. The van der Waals surface area contributed by atoms with E-state index in [4.69, 9.17) is 21.1 Å². The number of carbonyl (C=O) groups is 1. The third kappa shape index (κ3) is 4.10. The van der Waals surface area contributed by atoms with Crippen LogP contribution in [-0.4, -0.2) is 65.6 Å². The van der Waals surface area contributed by atoms with Crippen molar-refractivity contribution in [1.82, 2.24) is 25.1 Å². The highest BCUT2D eigenvalue weighted by molar-refractivity contribution is 6.32. The lowest BCUT2D eigenvalue weighted by atomic mass is 10.3. The van der Waals surface area contributed by atoms with E-state index in [9.17, 15) is 9.59 Å². The molecule has 0 aromatic carbocycles. The van der Waals surface area contributed by atoms with Crippen LogP contribution in [0.15, 0.2) is 40.1 Å². The van der Waals surface area contributed by atoms with Gasteiger partial charge in [-0.15, -0.1) is 0 Å². The van der Waals surface area contributed by atoms with Crippen molar-refractivity contribution in [3.63, 3.8) is 0 Å². The van der Waals surface area contributed by atoms with Crippen molar-refractivity contribution in [2.24, 2.45) is 12.0 Å². The van der Waals surface area contributed by atoms with Crippen molar-refractivity contribution in [3.05, 3.63) is 45.7 Å². The molecule has 2 aromatic heterocycles. The number of rotatable bonds is 7. The molecule has 0 saturated carbocycles. The molecule has 4 heterocycles. The standard InChI is InChI=1S/C19H21ClN6O4/c1-25-16(27)3-2-14-17(25)18(13(20)9-24-14)29-7-6-22-8-12-11-26(19(28)30-12)15-10-21-4-5-23-15/h2-4,9-10,12,22-23H,5-8,11H2,1H3/t12-/m0/s1. The van der Waals surface area contributed by atoms with E-state index in [1.54, 1.807) is 25.5 Å². The number of nitrogens with one attached hydrogen (secondary N) is 2. The number of nitrogens with zero attached hydrogens (tertiary/aromatic N) is 4. The van der Waals surface area contributed by atoms with Crippen LogP contribution in [0, 0.1) is 0 Å². The number of aryl methyl sites for hydroxylation is 1. The van der Waals surface area contributed by atoms with Gasteiger partial charge in [-0.3, -0.25) is 19.7 Å². The lowest BCUT2D eigenvalue weighted by Crippen LogP contribution is -2.36. The highest BCUT2D eigenvalue weighted by Crippen LogP contribution is 2.30. The van der Waals surface area contributed by atoms with Crippen LogP contribution in [0.2, 0.25) is 5.02 Å². The zero-order chi connectivity index (χ0) is 21.1. The Hall–Kier alpha value is -3.11. The summed E-state index contributed by atoms with van der Waals surface area (Å²) < 4.78 is 12.7. The largest absolute Gasteiger partial charge is 0.488 e. The van der Waals surface area contributed by atoms with Crippen LogP contribution in [0.5, 0.6) is 5.75 Å². The van der Waals surface area contributed by atoms with E-state index in [2.05, 4.69) is 20.6 Å². The van der Waals surface area contributed by atoms with Crippen LogP contribution in [-0.2, 0) is 11.8 Å². The number of aliphatic imine (C=N–C) groups is 1. The number of cyclic esters (lactones) is 1. The molecule has 4 rings (SSSR count). The summed E-state index contributed by atoms with van der Waals surface area (Å²) in [5, 5.41) is 6.63. The number of aromatic nitrogens is 2. The topological polar surface area (TPSA) is 110 Å². The van der Waals surface area contributed by atoms with Gasteiger partial charge >= 0.3 is 6.09 Å². The smallest absolute Gasteiger partial charge is 0.415 e. The van der Waals surface area contributed by atoms with E-state index in [0.717, 1.165) is 0 Å². The number of hydrogen-bond donors (Lipinski definition) is 2. The first kappa shape index (κ1) is 20.2. The monoisotopic (exact) mass is 432 g/mol. The molecule has 1 atom stereocenters. The third-order valence-electron chi connectivity index (χ3n) is 4.78. The summed E-state index contributed by atoms with van der Waals surface area (Å²) in [4.78, 5) is 33.8. The average Bonchev–Trinajstić information content (AvgIpc) is 3.13. The molecular weight excluding hydrogens is 412 g/mol. The molecule has 2 aliphatic rings. The van der Waals surface area contributed by atoms with Gasteiger partial charge in [0.2, 0.25) is 0 Å². The lowest BCUT2D eigenvalue weighted by Gasteiger charge is -2.19. The maximum Gasteiger partial charge on any atom is 0.415 e. The average molecular weight is 433 g/mol. The number of hydrogen-bond acceptors (Lipinski definition) is 8. The molecule has 10 nitrogen and oxygen atoms in total. The van der Waals surface area contributed by atoms with Crippen molar-refractivity contribution < 1.29 is 14.3 Å². The Morgan fingerprint density at radius 3 is 3.07 bits per heavy atom. The van der Waals surface area contributed by atoms with Crippen LogP contribution in [0.1, 0.15) is 0 Å². The van der Waals surface area contributed by atoms with E-state index < -0.39 is 6.09 Å². The van der Waals surface area contributed by atoms with Crippen molar-refractivity contribution in [3.8, 4) is 5.75 Å². The second-order valence-corrected chi connectivity index (χ2v) is 7.20. The Kier molecular flexibility index (Phi) is 5.86. The minimum absolute atomic E-state index is 0.171. The van der Waals surface area contributed by atoms with Gasteiger partial charge in [-0.05, 0) is 6.07 Å². The maximum absolute atomic E-state index is 12.0. The van der Waals surface area contributed by atoms with Gasteiger partial charge in [0.25, 0.3) is 5.56 Å². The van der Waals surface area contributed by atoms with Crippen LogP contribution >= 0.6 is 11.6 Å². The molecule has 1 amide bonds. The number of fused-ring (bicyclic) bond motifs is 1. The van der Waals surface area contributed by atoms with Gasteiger partial charge in [0, 0.05) is 32.4 Å². The van der Waals surface area contributed by atoms with Crippen molar-refractivity contribution in [2.75, 3.05) is 32.8 Å². The summed E-state index contributed by atoms with van der Waals surface area (Å²) in [5.41, 5.74) is 0.999. The minimum Gasteiger partial charge on any atom is -0.488 e. The Balaban J connectivity index is 1.30. The number of halogens is 1. The molecule has 2 N–H and O–H groups in total. The van der Waals surface area contributed by atoms with E-state index in [-0.39, 0.29) is 11.7 Å². The van der Waals surface area contributed by atoms with Gasteiger partial charge in [-0.25, -0.2) is 4.79 Å². The zero-order valence-corrected chi connectivity index (χ0v) is 17.1. The molecule has 0 radical (unpaired) electrons. The summed E-state index contributed by atoms with van der Waals surface area (Å²) in [6, 6.07) is 3.09. The first-order chi connectivity index (χ1) is 14.5. The summed E-state index contributed by atoms with van der Waals surface area (Å²) >= 11 is 6.24. The summed E-state index contributed by atoms with van der Waals surface area (Å²) in [7, 11) is 1.65. The zero-order valence-electron chi connectivity index (χ0n) is 16.3.